The first kappa shape index (κ1) is 46.0. The second-order valence-electron chi connectivity index (χ2n) is 16.4. The summed E-state index contributed by atoms with van der Waals surface area (Å²) < 4.78 is 4.51. The number of hydrogen-bond acceptors (Lipinski definition) is 3. The quantitative estimate of drug-likeness (QED) is 0.149. The van der Waals surface area contributed by atoms with E-state index in [1.54, 1.807) is 0 Å². The van der Waals surface area contributed by atoms with E-state index in [2.05, 4.69) is 138 Å². The maximum Gasteiger partial charge on any atom is 2.00 e. The molecule has 2 N–H and O–H groups in total. The van der Waals surface area contributed by atoms with Crippen LogP contribution in [-0.4, -0.2) is 24.3 Å². The van der Waals surface area contributed by atoms with Crippen molar-refractivity contribution in [2.24, 2.45) is 0 Å². The maximum atomic E-state index is 12.5. The van der Waals surface area contributed by atoms with Gasteiger partial charge in [0.05, 0.1) is 33.8 Å². The SMILES string of the molecule is Cc1cc(-c2ccccc2)c(O)c(-c2c(-c3cccc(-c4c(-c5cc(C)cc(-c6ccccc6)c5O)n(-c5ccccc5)c5ccccc45)n3)c3ccccc3n2-c2ccccc2)c1.[CH3-].[CH3-].[Zr+2]. The van der Waals surface area contributed by atoms with Crippen molar-refractivity contribution in [1.29, 1.82) is 0 Å². The molecule has 0 saturated carbocycles. The molecule has 8 aromatic carbocycles. The van der Waals surface area contributed by atoms with Gasteiger partial charge in [0.1, 0.15) is 11.5 Å². The Kier molecular flexibility index (Phi) is 13.1. The van der Waals surface area contributed by atoms with Crippen LogP contribution < -0.4 is 0 Å². The number of rotatable bonds is 8. The summed E-state index contributed by atoms with van der Waals surface area (Å²) in [4.78, 5) is 5.68. The minimum absolute atomic E-state index is 0. The normalized spacial score (nSPS) is 10.9. The molecule has 0 atom stereocenters. The zero-order valence-corrected chi connectivity index (χ0v) is 40.4. The maximum absolute atomic E-state index is 12.5. The second kappa shape index (κ2) is 19.1. The van der Waals surface area contributed by atoms with Crippen LogP contribution in [0.5, 0.6) is 11.5 Å². The molecule has 0 fully saturated rings. The van der Waals surface area contributed by atoms with Gasteiger partial charge in [-0.2, -0.15) is 0 Å². The molecule has 11 aromatic rings. The summed E-state index contributed by atoms with van der Waals surface area (Å²) in [7, 11) is 0. The van der Waals surface area contributed by atoms with Crippen LogP contribution >= 0.6 is 0 Å². The molecule has 0 aliphatic carbocycles. The van der Waals surface area contributed by atoms with Crippen molar-refractivity contribution in [3.8, 4) is 90.2 Å². The van der Waals surface area contributed by atoms with Crippen LogP contribution in [0.4, 0.5) is 0 Å². The van der Waals surface area contributed by atoms with E-state index < -0.39 is 0 Å². The Morgan fingerprint density at radius 2 is 0.701 bits per heavy atom. The summed E-state index contributed by atoms with van der Waals surface area (Å²) in [5, 5.41) is 27.0. The number of nitrogens with zero attached hydrogens (tertiary/aromatic N) is 3. The average Bonchev–Trinajstić information content (AvgIpc) is 3.88. The molecule has 0 unspecified atom stereocenters. The van der Waals surface area contributed by atoms with Crippen molar-refractivity contribution in [3.63, 3.8) is 0 Å². The molecule has 3 aromatic heterocycles. The second-order valence-corrected chi connectivity index (χ2v) is 16.4. The number of pyridine rings is 1. The Labute approximate surface area is 412 Å². The monoisotopic (exact) mass is 945 g/mol. The van der Waals surface area contributed by atoms with Crippen LogP contribution in [0.15, 0.2) is 212 Å². The minimum atomic E-state index is 0. The van der Waals surface area contributed by atoms with E-state index in [-0.39, 0.29) is 52.6 Å². The fourth-order valence-corrected chi connectivity index (χ4v) is 9.51. The van der Waals surface area contributed by atoms with Crippen molar-refractivity contribution in [2.75, 3.05) is 0 Å². The van der Waals surface area contributed by atoms with E-state index in [4.69, 9.17) is 4.98 Å². The van der Waals surface area contributed by atoms with Gasteiger partial charge >= 0.3 is 26.2 Å². The molecule has 67 heavy (non-hydrogen) atoms. The third-order valence-corrected chi connectivity index (χ3v) is 12.2. The molecule has 0 aliphatic rings. The third-order valence-electron chi connectivity index (χ3n) is 12.2. The van der Waals surface area contributed by atoms with Crippen LogP contribution in [0.2, 0.25) is 0 Å². The molecule has 0 amide bonds. The van der Waals surface area contributed by atoms with Crippen LogP contribution in [0.3, 0.4) is 0 Å². The Morgan fingerprint density at radius 3 is 1.09 bits per heavy atom. The summed E-state index contributed by atoms with van der Waals surface area (Å²) in [5.74, 6) is 0.401. The van der Waals surface area contributed by atoms with Gasteiger partial charge in [0.2, 0.25) is 0 Å². The van der Waals surface area contributed by atoms with Crippen LogP contribution in [0.25, 0.3) is 100 Å². The molecule has 11 rings (SSSR count). The van der Waals surface area contributed by atoms with Gasteiger partial charge in [-0.15, -0.1) is 0 Å². The molecule has 3 heterocycles. The largest absolute Gasteiger partial charge is 2.00 e. The minimum Gasteiger partial charge on any atom is -0.507 e. The molecule has 324 valence electrons. The van der Waals surface area contributed by atoms with Crippen molar-refractivity contribution in [3.05, 3.63) is 238 Å². The number of phenols is 2. The van der Waals surface area contributed by atoms with Gasteiger partial charge in [0.25, 0.3) is 0 Å². The van der Waals surface area contributed by atoms with E-state index in [1.165, 1.54) is 0 Å². The Morgan fingerprint density at radius 1 is 0.373 bits per heavy atom. The number of phenolic OH excluding ortho intramolecular Hbond substituents is 2. The van der Waals surface area contributed by atoms with Crippen molar-refractivity contribution in [1.82, 2.24) is 14.1 Å². The standard InChI is InChI=1S/C59H43N3O2.2CH3.Zr/c1-38-34-46(40-20-7-3-8-21-40)58(63)48(36-38)56-54(44-28-15-17-32-52(44)61(56)42-24-11-5-12-25-42)50-30-19-31-51(60-50)55-45-29-16-18-33-53(45)62(43-26-13-6-14-27-43)57(55)49-37-39(2)35-47(59(49)64)41-22-9-4-10-23-41;;;/h3-37,63-64H,1-2H3;2*1H3;/q;2*-1;+2. The fourth-order valence-electron chi connectivity index (χ4n) is 9.51. The van der Waals surface area contributed by atoms with Crippen molar-refractivity contribution < 1.29 is 36.4 Å². The Bertz CT molecular complexity index is 3290. The summed E-state index contributed by atoms with van der Waals surface area (Å²) in [5.41, 5.74) is 15.8. The third kappa shape index (κ3) is 8.02. The molecular formula is C61H49N3O2Zr. The first-order chi connectivity index (χ1) is 31.4. The molecule has 0 spiro atoms. The summed E-state index contributed by atoms with van der Waals surface area (Å²) in [6.45, 7) is 4.16. The number of aromatic hydroxyl groups is 2. The van der Waals surface area contributed by atoms with E-state index >= 15 is 0 Å². The Balaban J connectivity index is 0.00000203. The topological polar surface area (TPSA) is 63.2 Å². The summed E-state index contributed by atoms with van der Waals surface area (Å²) >= 11 is 0. The van der Waals surface area contributed by atoms with Gasteiger partial charge in [-0.25, -0.2) is 4.98 Å². The smallest absolute Gasteiger partial charge is 0.507 e. The zero-order chi connectivity index (χ0) is 43.3. The Hall–Kier alpha value is -7.53. The molecule has 0 radical (unpaired) electrons. The zero-order valence-electron chi connectivity index (χ0n) is 37.9. The van der Waals surface area contributed by atoms with Crippen molar-refractivity contribution >= 4 is 21.8 Å². The van der Waals surface area contributed by atoms with Crippen LogP contribution in [0.1, 0.15) is 11.1 Å². The van der Waals surface area contributed by atoms with Crippen LogP contribution in [-0.2, 0) is 26.2 Å². The number of para-hydroxylation sites is 4. The molecule has 0 saturated heterocycles. The van der Waals surface area contributed by atoms with Gasteiger partial charge in [-0.05, 0) is 109 Å². The summed E-state index contributed by atoms with van der Waals surface area (Å²) in [6, 6.07) is 72.1. The number of fused-ring (bicyclic) bond motifs is 2. The number of aryl methyl sites for hydroxylation is 2. The average molecular weight is 947 g/mol. The number of hydrogen-bond donors (Lipinski definition) is 2. The predicted molar refractivity (Wildman–Crippen MR) is 276 cm³/mol. The van der Waals surface area contributed by atoms with Gasteiger partial charge < -0.3 is 34.2 Å². The molecular weight excluding hydrogens is 898 g/mol. The van der Waals surface area contributed by atoms with Gasteiger partial charge in [-0.1, -0.05) is 140 Å². The molecule has 0 aliphatic heterocycles. The predicted octanol–water partition coefficient (Wildman–Crippen LogP) is 15.9. The van der Waals surface area contributed by atoms with E-state index in [1.807, 2.05) is 97.1 Å². The van der Waals surface area contributed by atoms with Gasteiger partial charge in [0.15, 0.2) is 0 Å². The number of benzene rings is 8. The van der Waals surface area contributed by atoms with Crippen LogP contribution in [0, 0.1) is 28.7 Å². The van der Waals surface area contributed by atoms with E-state index in [9.17, 15) is 10.2 Å². The first-order valence-corrected chi connectivity index (χ1v) is 21.6. The fraction of sp³-hybridized carbons (Fsp3) is 0.0328. The molecule has 0 bridgehead atoms. The van der Waals surface area contributed by atoms with Crippen molar-refractivity contribution in [2.45, 2.75) is 13.8 Å². The van der Waals surface area contributed by atoms with Gasteiger partial charge in [-0.3, -0.25) is 0 Å². The van der Waals surface area contributed by atoms with E-state index in [0.29, 0.717) is 11.1 Å². The molecule has 6 heteroatoms. The molecule has 5 nitrogen and oxygen atoms in total. The number of aromatic nitrogens is 3. The van der Waals surface area contributed by atoms with Gasteiger partial charge in [0, 0.05) is 55.5 Å². The first-order valence-electron chi connectivity index (χ1n) is 21.6. The van der Waals surface area contributed by atoms with E-state index in [0.717, 1.165) is 100 Å². The summed E-state index contributed by atoms with van der Waals surface area (Å²) in [6.07, 6.45) is 0.